The third-order valence-electron chi connectivity index (χ3n) is 4.65. The van der Waals surface area contributed by atoms with Gasteiger partial charge in [0.05, 0.1) is 12.5 Å². The zero-order valence-corrected chi connectivity index (χ0v) is 16.3. The number of hydrogen-bond donors (Lipinski definition) is 1. The van der Waals surface area contributed by atoms with Crippen LogP contribution in [0.1, 0.15) is 31.4 Å². The van der Waals surface area contributed by atoms with E-state index in [1.807, 2.05) is 45.9 Å². The molecule has 6 heteroatoms. The minimum atomic E-state index is -0.362. The largest absolute Gasteiger partial charge is 0.342 e. The maximum Gasteiger partial charge on any atom is 0.243 e. The lowest BCUT2D eigenvalue weighted by molar-refractivity contribution is -0.137. The fraction of sp³-hybridized carbons (Fsp3) is 0.550. The second-order valence-electron chi connectivity index (χ2n) is 7.60. The number of aryl methyl sites for hydroxylation is 2. The Morgan fingerprint density at radius 1 is 1.27 bits per heavy atom. The Bertz CT molecular complexity index is 679. The molecule has 1 heterocycles. The van der Waals surface area contributed by atoms with Crippen LogP contribution in [0.15, 0.2) is 18.2 Å². The number of carbonyl (C=O) groups excluding carboxylic acids is 3. The summed E-state index contributed by atoms with van der Waals surface area (Å²) in [5.41, 5.74) is 2.76. The van der Waals surface area contributed by atoms with Gasteiger partial charge in [-0.05, 0) is 30.9 Å². The second-order valence-corrected chi connectivity index (χ2v) is 7.60. The molecule has 0 unspecified atom stereocenters. The van der Waals surface area contributed by atoms with Crippen molar-refractivity contribution in [3.8, 4) is 0 Å². The molecule has 26 heavy (non-hydrogen) atoms. The Balaban J connectivity index is 1.93. The maximum atomic E-state index is 12.6. The first-order valence-electron chi connectivity index (χ1n) is 9.07. The lowest BCUT2D eigenvalue weighted by Gasteiger charge is -2.22. The van der Waals surface area contributed by atoms with E-state index in [0.717, 1.165) is 16.8 Å². The van der Waals surface area contributed by atoms with Gasteiger partial charge in [-0.25, -0.2) is 0 Å². The fourth-order valence-corrected chi connectivity index (χ4v) is 3.35. The van der Waals surface area contributed by atoms with Crippen LogP contribution in [0.25, 0.3) is 0 Å². The number of nitrogens with zero attached hydrogens (tertiary/aromatic N) is 2. The summed E-state index contributed by atoms with van der Waals surface area (Å²) in [5, 5.41) is 2.89. The standard InChI is InChI=1S/C20H29N3O3/c1-13(2)10-23-11-16(9-18(23)25)20(26)22(5)12-17(24)21-19-14(3)7-6-8-15(19)4/h6-8,13,16H,9-12H2,1-5H3,(H,21,24)/t16-/m1/s1. The summed E-state index contributed by atoms with van der Waals surface area (Å²) in [6.07, 6.45) is 0.231. The summed E-state index contributed by atoms with van der Waals surface area (Å²) in [5.74, 6) is -0.360. The van der Waals surface area contributed by atoms with Crippen molar-refractivity contribution in [2.24, 2.45) is 11.8 Å². The smallest absolute Gasteiger partial charge is 0.243 e. The molecule has 0 bridgehead atoms. The molecule has 6 nitrogen and oxygen atoms in total. The SMILES string of the molecule is Cc1cccc(C)c1NC(=O)CN(C)C(=O)[C@@H]1CC(=O)N(CC(C)C)C1. The molecule has 1 aliphatic heterocycles. The highest BCUT2D eigenvalue weighted by atomic mass is 16.2. The number of carbonyl (C=O) groups is 3. The molecular weight excluding hydrogens is 330 g/mol. The molecule has 3 amide bonds. The highest BCUT2D eigenvalue weighted by Gasteiger charge is 2.36. The normalized spacial score (nSPS) is 16.9. The van der Waals surface area contributed by atoms with E-state index in [2.05, 4.69) is 5.32 Å². The van der Waals surface area contributed by atoms with E-state index >= 15 is 0 Å². The number of likely N-dealkylation sites (tertiary alicyclic amines) is 1. The Morgan fingerprint density at radius 2 is 1.88 bits per heavy atom. The molecule has 1 aromatic rings. The maximum absolute atomic E-state index is 12.6. The van der Waals surface area contributed by atoms with Crippen LogP contribution in [0, 0.1) is 25.7 Å². The molecule has 0 spiro atoms. The first-order chi connectivity index (χ1) is 12.2. The number of anilines is 1. The molecule has 0 aromatic heterocycles. The quantitative estimate of drug-likeness (QED) is 0.847. The van der Waals surface area contributed by atoms with Crippen molar-refractivity contribution < 1.29 is 14.4 Å². The van der Waals surface area contributed by atoms with Crippen molar-refractivity contribution in [1.82, 2.24) is 9.80 Å². The number of benzene rings is 1. The number of likely N-dealkylation sites (N-methyl/N-ethyl adjacent to an activating group) is 1. The third-order valence-corrected chi connectivity index (χ3v) is 4.65. The molecule has 1 fully saturated rings. The molecule has 2 rings (SSSR count). The lowest BCUT2D eigenvalue weighted by Crippen LogP contribution is -2.39. The van der Waals surface area contributed by atoms with Crippen LogP contribution < -0.4 is 5.32 Å². The number of amides is 3. The van der Waals surface area contributed by atoms with Gasteiger partial charge in [-0.15, -0.1) is 0 Å². The molecule has 0 aliphatic carbocycles. The monoisotopic (exact) mass is 359 g/mol. The van der Waals surface area contributed by atoms with Gasteiger partial charge >= 0.3 is 0 Å². The van der Waals surface area contributed by atoms with E-state index in [1.54, 1.807) is 11.9 Å². The third kappa shape index (κ3) is 4.84. The Kier molecular flexibility index (Phi) is 6.40. The van der Waals surface area contributed by atoms with Crippen molar-refractivity contribution in [1.29, 1.82) is 0 Å². The van der Waals surface area contributed by atoms with Gasteiger partial charge in [0, 0.05) is 32.2 Å². The highest BCUT2D eigenvalue weighted by molar-refractivity contribution is 5.97. The van der Waals surface area contributed by atoms with Crippen LogP contribution in [0.3, 0.4) is 0 Å². The number of para-hydroxylation sites is 1. The van der Waals surface area contributed by atoms with E-state index in [1.165, 1.54) is 4.90 Å². The number of hydrogen-bond acceptors (Lipinski definition) is 3. The van der Waals surface area contributed by atoms with E-state index in [4.69, 9.17) is 0 Å². The van der Waals surface area contributed by atoms with Crippen molar-refractivity contribution >= 4 is 23.4 Å². The topological polar surface area (TPSA) is 69.7 Å². The Labute approximate surface area is 155 Å². The minimum Gasteiger partial charge on any atom is -0.342 e. The highest BCUT2D eigenvalue weighted by Crippen LogP contribution is 2.22. The lowest BCUT2D eigenvalue weighted by atomic mass is 10.1. The van der Waals surface area contributed by atoms with E-state index < -0.39 is 0 Å². The van der Waals surface area contributed by atoms with Crippen LogP contribution >= 0.6 is 0 Å². The van der Waals surface area contributed by atoms with Gasteiger partial charge in [0.25, 0.3) is 0 Å². The Morgan fingerprint density at radius 3 is 2.46 bits per heavy atom. The fourth-order valence-electron chi connectivity index (χ4n) is 3.35. The predicted molar refractivity (Wildman–Crippen MR) is 102 cm³/mol. The second kappa shape index (κ2) is 8.34. The first-order valence-corrected chi connectivity index (χ1v) is 9.07. The molecule has 1 N–H and O–H groups in total. The molecule has 1 aromatic carbocycles. The summed E-state index contributed by atoms with van der Waals surface area (Å²) in [6.45, 7) is 9.05. The van der Waals surface area contributed by atoms with Crippen LogP contribution in [0.5, 0.6) is 0 Å². The van der Waals surface area contributed by atoms with Gasteiger partial charge in [0.2, 0.25) is 17.7 Å². The predicted octanol–water partition coefficient (Wildman–Crippen LogP) is 2.20. The van der Waals surface area contributed by atoms with Crippen LogP contribution in [0.2, 0.25) is 0 Å². The van der Waals surface area contributed by atoms with Gasteiger partial charge in [-0.1, -0.05) is 32.0 Å². The molecule has 0 radical (unpaired) electrons. The molecule has 1 aliphatic rings. The summed E-state index contributed by atoms with van der Waals surface area (Å²) >= 11 is 0. The van der Waals surface area contributed by atoms with Crippen molar-refractivity contribution in [2.75, 3.05) is 32.0 Å². The minimum absolute atomic E-state index is 0.0189. The molecular formula is C20H29N3O3. The van der Waals surface area contributed by atoms with Gasteiger partial charge in [-0.2, -0.15) is 0 Å². The summed E-state index contributed by atoms with van der Waals surface area (Å²) < 4.78 is 0. The van der Waals surface area contributed by atoms with E-state index in [-0.39, 0.29) is 36.6 Å². The van der Waals surface area contributed by atoms with Crippen molar-refractivity contribution in [3.63, 3.8) is 0 Å². The average Bonchev–Trinajstić information content (AvgIpc) is 2.90. The van der Waals surface area contributed by atoms with Crippen LogP contribution in [-0.4, -0.2) is 54.2 Å². The van der Waals surface area contributed by atoms with Gasteiger partial charge in [0.1, 0.15) is 0 Å². The Hall–Kier alpha value is -2.37. The first kappa shape index (κ1) is 19.9. The van der Waals surface area contributed by atoms with E-state index in [9.17, 15) is 14.4 Å². The zero-order chi connectivity index (χ0) is 19.4. The van der Waals surface area contributed by atoms with Gasteiger partial charge in [0.15, 0.2) is 0 Å². The van der Waals surface area contributed by atoms with Gasteiger partial charge < -0.3 is 15.1 Å². The average molecular weight is 359 g/mol. The molecule has 1 saturated heterocycles. The van der Waals surface area contributed by atoms with Crippen LogP contribution in [0.4, 0.5) is 5.69 Å². The molecule has 142 valence electrons. The summed E-state index contributed by atoms with van der Waals surface area (Å²) in [4.78, 5) is 40.2. The van der Waals surface area contributed by atoms with Crippen molar-refractivity contribution in [2.45, 2.75) is 34.1 Å². The zero-order valence-electron chi connectivity index (χ0n) is 16.3. The number of rotatable bonds is 6. The van der Waals surface area contributed by atoms with E-state index in [0.29, 0.717) is 19.0 Å². The molecule has 1 atom stereocenters. The summed E-state index contributed by atoms with van der Waals surface area (Å²) in [7, 11) is 1.61. The van der Waals surface area contributed by atoms with Crippen molar-refractivity contribution in [3.05, 3.63) is 29.3 Å². The number of nitrogens with one attached hydrogen (secondary N) is 1. The molecule has 0 saturated carbocycles. The summed E-state index contributed by atoms with van der Waals surface area (Å²) in [6, 6.07) is 5.81. The van der Waals surface area contributed by atoms with Crippen LogP contribution in [-0.2, 0) is 14.4 Å². The van der Waals surface area contributed by atoms with Gasteiger partial charge in [-0.3, -0.25) is 14.4 Å².